The molecule has 24 heavy (non-hydrogen) atoms. The zero-order valence-electron chi connectivity index (χ0n) is 14.1. The SMILES string of the molecule is CC(C)[C@@H]1C[C@@H]([C@H](O)COCc2ccc3ccccc3c2)OC1=O. The number of fused-ring (bicyclic) bond motifs is 1. The highest BCUT2D eigenvalue weighted by Crippen LogP contribution is 2.29. The van der Waals surface area contributed by atoms with E-state index in [0.29, 0.717) is 13.0 Å². The highest BCUT2D eigenvalue weighted by atomic mass is 16.6. The second kappa shape index (κ2) is 7.32. The predicted molar refractivity (Wildman–Crippen MR) is 92.4 cm³/mol. The molecule has 1 aliphatic heterocycles. The molecular weight excluding hydrogens is 304 g/mol. The van der Waals surface area contributed by atoms with Gasteiger partial charge in [0.2, 0.25) is 0 Å². The van der Waals surface area contributed by atoms with Crippen molar-refractivity contribution in [1.29, 1.82) is 0 Å². The van der Waals surface area contributed by atoms with Crippen LogP contribution in [0.3, 0.4) is 0 Å². The number of aliphatic hydroxyl groups excluding tert-OH is 1. The fraction of sp³-hybridized carbons (Fsp3) is 0.450. The minimum absolute atomic E-state index is 0.120. The molecule has 1 heterocycles. The zero-order valence-corrected chi connectivity index (χ0v) is 14.1. The van der Waals surface area contributed by atoms with Crippen LogP contribution in [0.15, 0.2) is 42.5 Å². The molecule has 1 aliphatic rings. The van der Waals surface area contributed by atoms with Crippen molar-refractivity contribution in [3.05, 3.63) is 48.0 Å². The van der Waals surface area contributed by atoms with Crippen LogP contribution in [0, 0.1) is 11.8 Å². The van der Waals surface area contributed by atoms with Crippen LogP contribution in [0.25, 0.3) is 10.8 Å². The first kappa shape index (κ1) is 16.9. The molecule has 1 fully saturated rings. The minimum Gasteiger partial charge on any atom is -0.459 e. The first-order valence-electron chi connectivity index (χ1n) is 8.48. The Labute approximate surface area is 142 Å². The first-order valence-corrected chi connectivity index (χ1v) is 8.48. The third kappa shape index (κ3) is 3.77. The van der Waals surface area contributed by atoms with E-state index >= 15 is 0 Å². The Kier molecular flexibility index (Phi) is 5.17. The smallest absolute Gasteiger partial charge is 0.309 e. The average Bonchev–Trinajstić information content (AvgIpc) is 2.97. The molecule has 0 aromatic heterocycles. The summed E-state index contributed by atoms with van der Waals surface area (Å²) in [4.78, 5) is 11.8. The summed E-state index contributed by atoms with van der Waals surface area (Å²) < 4.78 is 10.9. The van der Waals surface area contributed by atoms with Gasteiger partial charge in [0.05, 0.1) is 19.1 Å². The Morgan fingerprint density at radius 2 is 1.96 bits per heavy atom. The van der Waals surface area contributed by atoms with Gasteiger partial charge in [0.1, 0.15) is 12.2 Å². The second-order valence-electron chi connectivity index (χ2n) is 6.83. The third-order valence-corrected chi connectivity index (χ3v) is 4.66. The van der Waals surface area contributed by atoms with Gasteiger partial charge in [-0.1, -0.05) is 50.2 Å². The van der Waals surface area contributed by atoms with E-state index in [0.717, 1.165) is 5.56 Å². The number of benzene rings is 2. The molecule has 2 aromatic carbocycles. The molecule has 3 rings (SSSR count). The largest absolute Gasteiger partial charge is 0.459 e. The van der Waals surface area contributed by atoms with Crippen molar-refractivity contribution >= 4 is 16.7 Å². The molecule has 1 saturated heterocycles. The van der Waals surface area contributed by atoms with Gasteiger partial charge in [-0.3, -0.25) is 4.79 Å². The molecule has 2 aromatic rings. The van der Waals surface area contributed by atoms with Gasteiger partial charge in [0.15, 0.2) is 0 Å². The van der Waals surface area contributed by atoms with Crippen molar-refractivity contribution in [3.63, 3.8) is 0 Å². The van der Waals surface area contributed by atoms with Crippen molar-refractivity contribution in [2.24, 2.45) is 11.8 Å². The normalized spacial score (nSPS) is 22.1. The Morgan fingerprint density at radius 3 is 2.67 bits per heavy atom. The molecule has 0 spiro atoms. The topological polar surface area (TPSA) is 55.8 Å². The van der Waals surface area contributed by atoms with Crippen molar-refractivity contribution in [3.8, 4) is 0 Å². The minimum atomic E-state index is -0.779. The molecule has 128 valence electrons. The van der Waals surface area contributed by atoms with Gasteiger partial charge < -0.3 is 14.6 Å². The summed E-state index contributed by atoms with van der Waals surface area (Å²) in [5.74, 6) is -0.0954. The zero-order chi connectivity index (χ0) is 17.1. The van der Waals surface area contributed by atoms with Gasteiger partial charge in [0, 0.05) is 6.42 Å². The molecule has 1 N–H and O–H groups in total. The average molecular weight is 328 g/mol. The summed E-state index contributed by atoms with van der Waals surface area (Å²) in [6.45, 7) is 4.58. The van der Waals surface area contributed by atoms with Crippen molar-refractivity contribution in [1.82, 2.24) is 0 Å². The number of cyclic esters (lactones) is 1. The summed E-state index contributed by atoms with van der Waals surface area (Å²) in [6.07, 6.45) is -0.670. The molecule has 4 nitrogen and oxygen atoms in total. The fourth-order valence-corrected chi connectivity index (χ4v) is 3.14. The van der Waals surface area contributed by atoms with Crippen molar-refractivity contribution in [2.45, 2.75) is 39.1 Å². The van der Waals surface area contributed by atoms with Crippen LogP contribution in [0.4, 0.5) is 0 Å². The summed E-state index contributed by atoms with van der Waals surface area (Å²) in [7, 11) is 0. The summed E-state index contributed by atoms with van der Waals surface area (Å²) >= 11 is 0. The van der Waals surface area contributed by atoms with E-state index in [1.165, 1.54) is 10.8 Å². The first-order chi connectivity index (χ1) is 11.5. The Hall–Kier alpha value is -1.91. The number of hydrogen-bond acceptors (Lipinski definition) is 4. The maximum Gasteiger partial charge on any atom is 0.309 e. The number of ether oxygens (including phenoxy) is 2. The van der Waals surface area contributed by atoms with Crippen LogP contribution >= 0.6 is 0 Å². The lowest BCUT2D eigenvalue weighted by molar-refractivity contribution is -0.150. The number of aliphatic hydroxyl groups is 1. The van der Waals surface area contributed by atoms with E-state index in [4.69, 9.17) is 9.47 Å². The van der Waals surface area contributed by atoms with Gasteiger partial charge in [-0.15, -0.1) is 0 Å². The number of carbonyl (C=O) groups excluding carboxylic acids is 1. The van der Waals surface area contributed by atoms with Crippen LogP contribution in [0.5, 0.6) is 0 Å². The Morgan fingerprint density at radius 1 is 1.21 bits per heavy atom. The fourth-order valence-electron chi connectivity index (χ4n) is 3.14. The van der Waals surface area contributed by atoms with Crippen LogP contribution in [-0.4, -0.2) is 29.9 Å². The molecule has 0 unspecified atom stereocenters. The van der Waals surface area contributed by atoms with E-state index < -0.39 is 12.2 Å². The van der Waals surface area contributed by atoms with Gasteiger partial charge in [0.25, 0.3) is 0 Å². The van der Waals surface area contributed by atoms with Crippen LogP contribution in [-0.2, 0) is 20.9 Å². The molecule has 0 saturated carbocycles. The monoisotopic (exact) mass is 328 g/mol. The van der Waals surface area contributed by atoms with E-state index in [9.17, 15) is 9.90 Å². The summed E-state index contributed by atoms with van der Waals surface area (Å²) in [5.41, 5.74) is 1.06. The van der Waals surface area contributed by atoms with E-state index in [1.807, 2.05) is 32.0 Å². The lowest BCUT2D eigenvalue weighted by atomic mass is 9.91. The maximum absolute atomic E-state index is 11.8. The van der Waals surface area contributed by atoms with Gasteiger partial charge in [-0.25, -0.2) is 0 Å². The van der Waals surface area contributed by atoms with E-state index in [1.54, 1.807) is 0 Å². The standard InChI is InChI=1S/C20H24O4/c1-13(2)17-10-19(24-20(17)22)18(21)12-23-11-14-7-8-15-5-3-4-6-16(15)9-14/h3-9,13,17-19,21H,10-12H2,1-2H3/t17-,18+,19-/m0/s1. The summed E-state index contributed by atoms with van der Waals surface area (Å²) in [5, 5.41) is 12.6. The number of hydrogen-bond donors (Lipinski definition) is 1. The molecule has 0 radical (unpaired) electrons. The molecule has 0 amide bonds. The van der Waals surface area contributed by atoms with E-state index in [-0.39, 0.29) is 24.4 Å². The summed E-state index contributed by atoms with van der Waals surface area (Å²) in [6, 6.07) is 14.3. The highest BCUT2D eigenvalue weighted by molar-refractivity contribution is 5.82. The van der Waals surface area contributed by atoms with Crippen LogP contribution in [0.1, 0.15) is 25.8 Å². The highest BCUT2D eigenvalue weighted by Gasteiger charge is 2.39. The number of rotatable bonds is 6. The van der Waals surface area contributed by atoms with Crippen LogP contribution in [0.2, 0.25) is 0 Å². The van der Waals surface area contributed by atoms with Gasteiger partial charge in [-0.2, -0.15) is 0 Å². The number of esters is 1. The Bertz CT molecular complexity index is 710. The molecule has 4 heteroatoms. The van der Waals surface area contributed by atoms with Gasteiger partial charge >= 0.3 is 5.97 Å². The predicted octanol–water partition coefficient (Wildman–Crippen LogP) is 3.31. The quantitative estimate of drug-likeness (QED) is 0.827. The van der Waals surface area contributed by atoms with Crippen molar-refractivity contribution in [2.75, 3.05) is 6.61 Å². The molecule has 0 aliphatic carbocycles. The lowest BCUT2D eigenvalue weighted by Crippen LogP contribution is -2.30. The lowest BCUT2D eigenvalue weighted by Gasteiger charge is -2.17. The number of carbonyl (C=O) groups is 1. The Balaban J connectivity index is 1.51. The third-order valence-electron chi connectivity index (χ3n) is 4.66. The second-order valence-corrected chi connectivity index (χ2v) is 6.83. The maximum atomic E-state index is 11.8. The molecular formula is C20H24O4. The molecule has 3 atom stereocenters. The van der Waals surface area contributed by atoms with Gasteiger partial charge in [-0.05, 0) is 28.3 Å². The van der Waals surface area contributed by atoms with E-state index in [2.05, 4.69) is 24.3 Å². The van der Waals surface area contributed by atoms with Crippen LogP contribution < -0.4 is 0 Å². The molecule has 0 bridgehead atoms. The van der Waals surface area contributed by atoms with Crippen molar-refractivity contribution < 1.29 is 19.4 Å².